The second-order valence-corrected chi connectivity index (χ2v) is 3.36. The molecule has 1 aliphatic rings. The first-order valence-corrected chi connectivity index (χ1v) is 4.77. The quantitative estimate of drug-likeness (QED) is 0.430. The average molecular weight is 225 g/mol. The molecule has 1 aromatic rings. The van der Waals surface area contributed by atoms with E-state index in [4.69, 9.17) is 14.2 Å². The minimum absolute atomic E-state index is 0.100. The molecule has 0 saturated carbocycles. The number of hydrogen-bond acceptors (Lipinski definition) is 5. The van der Waals surface area contributed by atoms with E-state index in [1.807, 2.05) is 0 Å². The molecule has 2 rings (SSSR count). The maximum atomic E-state index is 10.7. The van der Waals surface area contributed by atoms with E-state index in [-0.39, 0.29) is 17.5 Å². The molecular formula is C10H11NO5. The van der Waals surface area contributed by atoms with Crippen LogP contribution in [0.3, 0.4) is 0 Å². The molecule has 1 fully saturated rings. The lowest BCUT2D eigenvalue weighted by Crippen LogP contribution is -2.04. The van der Waals surface area contributed by atoms with Crippen molar-refractivity contribution in [2.45, 2.75) is 6.10 Å². The summed E-state index contributed by atoms with van der Waals surface area (Å²) in [4.78, 5) is 10.2. The summed E-state index contributed by atoms with van der Waals surface area (Å²) in [5, 5.41) is 10.7. The highest BCUT2D eigenvalue weighted by Crippen LogP contribution is 2.31. The molecule has 16 heavy (non-hydrogen) atoms. The van der Waals surface area contributed by atoms with Gasteiger partial charge in [-0.15, -0.1) is 0 Å². The predicted octanol–water partition coefficient (Wildman–Crippen LogP) is 1.38. The highest BCUT2D eigenvalue weighted by molar-refractivity contribution is 5.50. The Morgan fingerprint density at radius 3 is 2.94 bits per heavy atom. The number of hydrogen-bond donors (Lipinski definition) is 0. The fourth-order valence-corrected chi connectivity index (χ4v) is 1.26. The van der Waals surface area contributed by atoms with E-state index in [2.05, 4.69) is 0 Å². The summed E-state index contributed by atoms with van der Waals surface area (Å²) in [5.74, 6) is 0.669. The molecular weight excluding hydrogens is 214 g/mol. The van der Waals surface area contributed by atoms with Gasteiger partial charge >= 0.3 is 5.69 Å². The largest absolute Gasteiger partial charge is 0.491 e. The minimum atomic E-state index is -0.501. The molecule has 0 aliphatic carbocycles. The Labute approximate surface area is 91.9 Å². The Morgan fingerprint density at radius 2 is 2.38 bits per heavy atom. The standard InChI is InChI=1S/C10H11NO5/c1-14-10-3-2-7(4-9(10)11(12)13)15-5-8-6-16-8/h2-4,8H,5-6H2,1H3. The number of rotatable bonds is 5. The Kier molecular flexibility index (Phi) is 2.91. The highest BCUT2D eigenvalue weighted by atomic mass is 16.6. The van der Waals surface area contributed by atoms with Gasteiger partial charge in [0.1, 0.15) is 18.5 Å². The molecule has 1 atom stereocenters. The van der Waals surface area contributed by atoms with E-state index >= 15 is 0 Å². The van der Waals surface area contributed by atoms with Crippen LogP contribution in [0.25, 0.3) is 0 Å². The second-order valence-electron chi connectivity index (χ2n) is 3.36. The molecule has 6 nitrogen and oxygen atoms in total. The Morgan fingerprint density at radius 1 is 1.62 bits per heavy atom. The van der Waals surface area contributed by atoms with Crippen molar-refractivity contribution >= 4 is 5.69 Å². The normalized spacial score (nSPS) is 17.9. The summed E-state index contributed by atoms with van der Waals surface area (Å²) in [7, 11) is 1.39. The lowest BCUT2D eigenvalue weighted by Gasteiger charge is -2.06. The molecule has 86 valence electrons. The molecule has 1 aliphatic heterocycles. The maximum absolute atomic E-state index is 10.7. The van der Waals surface area contributed by atoms with E-state index in [1.54, 1.807) is 6.07 Å². The van der Waals surface area contributed by atoms with Crippen molar-refractivity contribution in [3.63, 3.8) is 0 Å². The summed E-state index contributed by atoms with van der Waals surface area (Å²) in [6.45, 7) is 1.11. The summed E-state index contributed by atoms with van der Waals surface area (Å²) >= 11 is 0. The SMILES string of the molecule is COc1ccc(OCC2CO2)cc1[N+](=O)[O-]. The smallest absolute Gasteiger partial charge is 0.314 e. The van der Waals surface area contributed by atoms with E-state index in [0.717, 1.165) is 0 Å². The van der Waals surface area contributed by atoms with Gasteiger partial charge in [0.05, 0.1) is 24.7 Å². The van der Waals surface area contributed by atoms with Crippen molar-refractivity contribution in [1.82, 2.24) is 0 Å². The number of epoxide rings is 1. The number of methoxy groups -OCH3 is 1. The summed E-state index contributed by atoms with van der Waals surface area (Å²) in [5.41, 5.74) is -0.100. The molecule has 1 aromatic carbocycles. The maximum Gasteiger partial charge on any atom is 0.314 e. The monoisotopic (exact) mass is 225 g/mol. The van der Waals surface area contributed by atoms with Crippen LogP contribution in [0.5, 0.6) is 11.5 Å². The highest BCUT2D eigenvalue weighted by Gasteiger charge is 2.23. The van der Waals surface area contributed by atoms with Gasteiger partial charge in [-0.3, -0.25) is 10.1 Å². The molecule has 0 amide bonds. The lowest BCUT2D eigenvalue weighted by molar-refractivity contribution is -0.385. The third-order valence-corrected chi connectivity index (χ3v) is 2.19. The van der Waals surface area contributed by atoms with Crippen LogP contribution in [0.2, 0.25) is 0 Å². The number of nitro groups is 1. The Bertz CT molecular complexity index is 402. The first kappa shape index (κ1) is 10.7. The zero-order valence-electron chi connectivity index (χ0n) is 8.71. The molecule has 0 aromatic heterocycles. The van der Waals surface area contributed by atoms with Crippen LogP contribution in [0.15, 0.2) is 18.2 Å². The number of benzene rings is 1. The van der Waals surface area contributed by atoms with E-state index in [0.29, 0.717) is 19.0 Å². The van der Waals surface area contributed by atoms with Crippen LogP contribution in [0, 0.1) is 10.1 Å². The third kappa shape index (κ3) is 2.40. The molecule has 0 N–H and O–H groups in total. The van der Waals surface area contributed by atoms with Crippen molar-refractivity contribution < 1.29 is 19.1 Å². The summed E-state index contributed by atoms with van der Waals surface area (Å²) in [6.07, 6.45) is 0.126. The van der Waals surface area contributed by atoms with Crippen LogP contribution in [0.4, 0.5) is 5.69 Å². The summed E-state index contributed by atoms with van der Waals surface area (Å²) < 4.78 is 15.2. The van der Waals surface area contributed by atoms with Crippen LogP contribution in [-0.4, -0.2) is 31.4 Å². The molecule has 1 saturated heterocycles. The van der Waals surface area contributed by atoms with Gasteiger partial charge in [-0.05, 0) is 12.1 Å². The van der Waals surface area contributed by atoms with Gasteiger partial charge < -0.3 is 14.2 Å². The Hall–Kier alpha value is -1.82. The van der Waals surface area contributed by atoms with Gasteiger partial charge in [-0.25, -0.2) is 0 Å². The van der Waals surface area contributed by atoms with Crippen LogP contribution < -0.4 is 9.47 Å². The van der Waals surface area contributed by atoms with Gasteiger partial charge in [0.2, 0.25) is 0 Å². The molecule has 1 unspecified atom stereocenters. The topological polar surface area (TPSA) is 74.1 Å². The van der Waals surface area contributed by atoms with Gasteiger partial charge in [0.15, 0.2) is 5.75 Å². The third-order valence-electron chi connectivity index (χ3n) is 2.19. The first-order chi connectivity index (χ1) is 7.70. The Balaban J connectivity index is 2.13. The average Bonchev–Trinajstić information content (AvgIpc) is 3.09. The van der Waals surface area contributed by atoms with Gasteiger partial charge in [-0.2, -0.15) is 0 Å². The van der Waals surface area contributed by atoms with Crippen LogP contribution in [-0.2, 0) is 4.74 Å². The number of nitrogens with zero attached hydrogens (tertiary/aromatic N) is 1. The van der Waals surface area contributed by atoms with Crippen LogP contribution in [0.1, 0.15) is 0 Å². The minimum Gasteiger partial charge on any atom is -0.491 e. The first-order valence-electron chi connectivity index (χ1n) is 4.77. The number of ether oxygens (including phenoxy) is 3. The summed E-state index contributed by atoms with van der Waals surface area (Å²) in [6, 6.07) is 4.50. The lowest BCUT2D eigenvalue weighted by atomic mass is 10.3. The van der Waals surface area contributed by atoms with E-state index < -0.39 is 4.92 Å². The predicted molar refractivity (Wildman–Crippen MR) is 54.9 cm³/mol. The van der Waals surface area contributed by atoms with Gasteiger partial charge in [0, 0.05) is 0 Å². The molecule has 0 spiro atoms. The molecule has 6 heteroatoms. The van der Waals surface area contributed by atoms with Gasteiger partial charge in [0.25, 0.3) is 0 Å². The van der Waals surface area contributed by atoms with Crippen molar-refractivity contribution in [3.05, 3.63) is 28.3 Å². The van der Waals surface area contributed by atoms with Crippen molar-refractivity contribution in [2.24, 2.45) is 0 Å². The van der Waals surface area contributed by atoms with Crippen molar-refractivity contribution in [3.8, 4) is 11.5 Å². The van der Waals surface area contributed by atoms with Gasteiger partial charge in [-0.1, -0.05) is 0 Å². The molecule has 0 bridgehead atoms. The molecule has 1 heterocycles. The van der Waals surface area contributed by atoms with E-state index in [1.165, 1.54) is 19.2 Å². The van der Waals surface area contributed by atoms with Crippen LogP contribution >= 0.6 is 0 Å². The zero-order chi connectivity index (χ0) is 11.5. The molecule has 0 radical (unpaired) electrons. The van der Waals surface area contributed by atoms with Crippen molar-refractivity contribution in [2.75, 3.05) is 20.3 Å². The van der Waals surface area contributed by atoms with Crippen molar-refractivity contribution in [1.29, 1.82) is 0 Å². The van der Waals surface area contributed by atoms with E-state index in [9.17, 15) is 10.1 Å². The second kappa shape index (κ2) is 4.36. The fourth-order valence-electron chi connectivity index (χ4n) is 1.26. The number of nitro benzene ring substituents is 1. The fraction of sp³-hybridized carbons (Fsp3) is 0.400. The zero-order valence-corrected chi connectivity index (χ0v) is 8.71.